The summed E-state index contributed by atoms with van der Waals surface area (Å²) in [4.78, 5) is 13.9. The van der Waals surface area contributed by atoms with Gasteiger partial charge in [0.15, 0.2) is 0 Å². The molecule has 0 radical (unpaired) electrons. The van der Waals surface area contributed by atoms with E-state index in [1.807, 2.05) is 0 Å². The molecular formula is C10H17BrN2O. The van der Waals surface area contributed by atoms with Crippen molar-refractivity contribution in [2.75, 3.05) is 18.4 Å². The van der Waals surface area contributed by atoms with Crippen LogP contribution in [-0.4, -0.2) is 41.3 Å². The molecule has 2 aliphatic heterocycles. The SMILES string of the molecule is O=C(CCBr)NC1CCN2CCCC12. The lowest BCUT2D eigenvalue weighted by atomic mass is 10.1. The Hall–Kier alpha value is -0.0900. The number of carbonyl (C=O) groups is 1. The summed E-state index contributed by atoms with van der Waals surface area (Å²) in [5, 5.41) is 3.90. The van der Waals surface area contributed by atoms with E-state index in [0.29, 0.717) is 18.5 Å². The lowest BCUT2D eigenvalue weighted by Crippen LogP contribution is -2.42. The Balaban J connectivity index is 1.83. The van der Waals surface area contributed by atoms with Crippen molar-refractivity contribution in [2.45, 2.75) is 37.8 Å². The van der Waals surface area contributed by atoms with E-state index in [2.05, 4.69) is 26.1 Å². The molecule has 2 atom stereocenters. The van der Waals surface area contributed by atoms with E-state index in [4.69, 9.17) is 0 Å². The highest BCUT2D eigenvalue weighted by Gasteiger charge is 2.37. The summed E-state index contributed by atoms with van der Waals surface area (Å²) in [6.07, 6.45) is 4.30. The van der Waals surface area contributed by atoms with Crippen LogP contribution in [0, 0.1) is 0 Å². The van der Waals surface area contributed by atoms with E-state index in [-0.39, 0.29) is 5.91 Å². The summed E-state index contributed by atoms with van der Waals surface area (Å²) < 4.78 is 0. The molecule has 0 spiro atoms. The van der Waals surface area contributed by atoms with Crippen LogP contribution in [0.4, 0.5) is 0 Å². The number of fused-ring (bicyclic) bond motifs is 1. The normalized spacial score (nSPS) is 31.8. The minimum Gasteiger partial charge on any atom is -0.352 e. The fraction of sp³-hybridized carbons (Fsp3) is 0.900. The smallest absolute Gasteiger partial charge is 0.221 e. The van der Waals surface area contributed by atoms with Gasteiger partial charge in [-0.25, -0.2) is 0 Å². The molecule has 80 valence electrons. The molecule has 1 N–H and O–H groups in total. The molecule has 2 aliphatic rings. The second kappa shape index (κ2) is 4.62. The van der Waals surface area contributed by atoms with Crippen LogP contribution in [-0.2, 0) is 4.79 Å². The van der Waals surface area contributed by atoms with E-state index in [1.165, 1.54) is 25.9 Å². The van der Waals surface area contributed by atoms with Gasteiger partial charge in [0, 0.05) is 30.4 Å². The van der Waals surface area contributed by atoms with Crippen molar-refractivity contribution in [3.8, 4) is 0 Å². The predicted molar refractivity (Wildman–Crippen MR) is 59.6 cm³/mol. The van der Waals surface area contributed by atoms with Gasteiger partial charge in [-0.1, -0.05) is 15.9 Å². The molecular weight excluding hydrogens is 244 g/mol. The highest BCUT2D eigenvalue weighted by atomic mass is 79.9. The first-order chi connectivity index (χ1) is 6.81. The van der Waals surface area contributed by atoms with Crippen LogP contribution < -0.4 is 5.32 Å². The Morgan fingerprint density at radius 2 is 2.29 bits per heavy atom. The predicted octanol–water partition coefficient (Wildman–Crippen LogP) is 1.12. The molecule has 0 saturated carbocycles. The highest BCUT2D eigenvalue weighted by Crippen LogP contribution is 2.27. The topological polar surface area (TPSA) is 32.3 Å². The summed E-state index contributed by atoms with van der Waals surface area (Å²) in [6, 6.07) is 1.05. The fourth-order valence-corrected chi connectivity index (χ4v) is 2.98. The lowest BCUT2D eigenvalue weighted by molar-refractivity contribution is -0.121. The maximum atomic E-state index is 11.4. The third kappa shape index (κ3) is 2.11. The van der Waals surface area contributed by atoms with E-state index >= 15 is 0 Å². The molecule has 0 aromatic carbocycles. The van der Waals surface area contributed by atoms with Crippen LogP contribution in [0.2, 0.25) is 0 Å². The second-order valence-electron chi connectivity index (χ2n) is 4.15. The van der Waals surface area contributed by atoms with Crippen molar-refractivity contribution in [1.29, 1.82) is 0 Å². The molecule has 0 aromatic rings. The summed E-state index contributed by atoms with van der Waals surface area (Å²) in [7, 11) is 0. The molecule has 4 heteroatoms. The van der Waals surface area contributed by atoms with Gasteiger partial charge >= 0.3 is 0 Å². The maximum Gasteiger partial charge on any atom is 0.221 e. The molecule has 0 bridgehead atoms. The third-order valence-electron chi connectivity index (χ3n) is 3.27. The van der Waals surface area contributed by atoms with Crippen molar-refractivity contribution >= 4 is 21.8 Å². The summed E-state index contributed by atoms with van der Waals surface area (Å²) in [5.74, 6) is 0.195. The minimum absolute atomic E-state index is 0.195. The zero-order valence-electron chi connectivity index (χ0n) is 8.34. The molecule has 2 fully saturated rings. The Kier molecular flexibility index (Phi) is 3.44. The first kappa shape index (κ1) is 10.4. The second-order valence-corrected chi connectivity index (χ2v) is 4.94. The molecule has 0 aliphatic carbocycles. The van der Waals surface area contributed by atoms with E-state index in [0.717, 1.165) is 11.8 Å². The van der Waals surface area contributed by atoms with Crippen molar-refractivity contribution in [3.05, 3.63) is 0 Å². The fourth-order valence-electron chi connectivity index (χ4n) is 2.62. The van der Waals surface area contributed by atoms with Crippen molar-refractivity contribution in [1.82, 2.24) is 10.2 Å². The van der Waals surface area contributed by atoms with Gasteiger partial charge < -0.3 is 5.32 Å². The summed E-state index contributed by atoms with van der Waals surface area (Å²) >= 11 is 3.28. The van der Waals surface area contributed by atoms with Crippen LogP contribution in [0.3, 0.4) is 0 Å². The monoisotopic (exact) mass is 260 g/mol. The first-order valence-corrected chi connectivity index (χ1v) is 6.53. The van der Waals surface area contributed by atoms with Gasteiger partial charge in [-0.2, -0.15) is 0 Å². The molecule has 2 heterocycles. The Labute approximate surface area is 93.4 Å². The average Bonchev–Trinajstić information content (AvgIpc) is 2.70. The van der Waals surface area contributed by atoms with Gasteiger partial charge in [-0.3, -0.25) is 9.69 Å². The number of nitrogens with one attached hydrogen (secondary N) is 1. The van der Waals surface area contributed by atoms with Gasteiger partial charge in [0.05, 0.1) is 0 Å². The van der Waals surface area contributed by atoms with Crippen LogP contribution in [0.5, 0.6) is 0 Å². The molecule has 2 unspecified atom stereocenters. The van der Waals surface area contributed by atoms with Crippen LogP contribution in [0.25, 0.3) is 0 Å². The van der Waals surface area contributed by atoms with Crippen LogP contribution in [0.1, 0.15) is 25.7 Å². The Morgan fingerprint density at radius 3 is 3.07 bits per heavy atom. The number of carbonyl (C=O) groups excluding carboxylic acids is 1. The highest BCUT2D eigenvalue weighted by molar-refractivity contribution is 9.09. The molecule has 3 nitrogen and oxygen atoms in total. The first-order valence-electron chi connectivity index (χ1n) is 5.40. The molecule has 1 amide bonds. The quantitative estimate of drug-likeness (QED) is 0.772. The van der Waals surface area contributed by atoms with Crippen molar-refractivity contribution in [3.63, 3.8) is 0 Å². The van der Waals surface area contributed by atoms with E-state index < -0.39 is 0 Å². The number of hydrogen-bond acceptors (Lipinski definition) is 2. The average molecular weight is 261 g/mol. The zero-order chi connectivity index (χ0) is 9.97. The van der Waals surface area contributed by atoms with Crippen LogP contribution >= 0.6 is 15.9 Å². The Bertz CT molecular complexity index is 222. The third-order valence-corrected chi connectivity index (χ3v) is 3.67. The van der Waals surface area contributed by atoms with Crippen molar-refractivity contribution < 1.29 is 4.79 Å². The number of halogens is 1. The van der Waals surface area contributed by atoms with E-state index in [1.54, 1.807) is 0 Å². The minimum atomic E-state index is 0.195. The number of amides is 1. The zero-order valence-corrected chi connectivity index (χ0v) is 9.92. The summed E-state index contributed by atoms with van der Waals surface area (Å²) in [5.41, 5.74) is 0. The number of nitrogens with zero attached hydrogens (tertiary/aromatic N) is 1. The molecule has 2 saturated heterocycles. The molecule has 2 rings (SSSR count). The number of rotatable bonds is 3. The Morgan fingerprint density at radius 1 is 1.43 bits per heavy atom. The lowest BCUT2D eigenvalue weighted by Gasteiger charge is -2.21. The maximum absolute atomic E-state index is 11.4. The number of alkyl halides is 1. The van der Waals surface area contributed by atoms with Crippen LogP contribution in [0.15, 0.2) is 0 Å². The van der Waals surface area contributed by atoms with Gasteiger partial charge in [-0.15, -0.1) is 0 Å². The number of hydrogen-bond donors (Lipinski definition) is 1. The largest absolute Gasteiger partial charge is 0.352 e. The molecule has 0 aromatic heterocycles. The van der Waals surface area contributed by atoms with Gasteiger partial charge in [0.1, 0.15) is 0 Å². The van der Waals surface area contributed by atoms with Gasteiger partial charge in [-0.05, 0) is 25.8 Å². The van der Waals surface area contributed by atoms with Gasteiger partial charge in [0.2, 0.25) is 5.91 Å². The molecule has 14 heavy (non-hydrogen) atoms. The van der Waals surface area contributed by atoms with E-state index in [9.17, 15) is 4.79 Å². The summed E-state index contributed by atoms with van der Waals surface area (Å²) in [6.45, 7) is 2.40. The standard InChI is InChI=1S/C10H17BrN2O/c11-5-3-10(14)12-8-4-7-13-6-1-2-9(8)13/h8-9H,1-7H2,(H,12,14). The van der Waals surface area contributed by atoms with Gasteiger partial charge in [0.25, 0.3) is 0 Å². The van der Waals surface area contributed by atoms with Crippen molar-refractivity contribution in [2.24, 2.45) is 0 Å².